The van der Waals surface area contributed by atoms with Gasteiger partial charge >= 0.3 is 12.1 Å². The van der Waals surface area contributed by atoms with E-state index in [1.807, 2.05) is 42.5 Å². The molecule has 32 heavy (non-hydrogen) atoms. The van der Waals surface area contributed by atoms with Crippen molar-refractivity contribution in [3.8, 4) is 0 Å². The second kappa shape index (κ2) is 8.65. The van der Waals surface area contributed by atoms with Crippen molar-refractivity contribution in [2.75, 3.05) is 29.9 Å². The zero-order valence-corrected chi connectivity index (χ0v) is 18.9. The number of hydrogen-bond acceptors (Lipinski definition) is 3. The number of anilines is 2. The number of likely N-dealkylation sites (tertiary alicyclic amines) is 1. The molecule has 0 saturated carbocycles. The minimum absolute atomic E-state index is 0.0460. The van der Waals surface area contributed by atoms with Crippen LogP contribution in [0.3, 0.4) is 0 Å². The van der Waals surface area contributed by atoms with Crippen LogP contribution in [-0.2, 0) is 10.2 Å². The molecule has 7 heteroatoms. The Morgan fingerprint density at radius 1 is 0.938 bits per heavy atom. The predicted octanol–water partition coefficient (Wildman–Crippen LogP) is 4.45. The number of rotatable bonds is 3. The average Bonchev–Trinajstić information content (AvgIpc) is 3.08. The van der Waals surface area contributed by atoms with Gasteiger partial charge in [-0.3, -0.25) is 4.79 Å². The lowest BCUT2D eigenvalue weighted by Crippen LogP contribution is -2.49. The highest BCUT2D eigenvalue weighted by Gasteiger charge is 2.41. The fraction of sp³-hybridized carbons (Fsp3) is 0.400. The van der Waals surface area contributed by atoms with Crippen LogP contribution < -0.4 is 10.2 Å². The number of piperidine rings is 1. The summed E-state index contributed by atoms with van der Waals surface area (Å²) in [6.07, 6.45) is 1.30. The number of para-hydroxylation sites is 1. The number of urea groups is 2. The fourth-order valence-electron chi connectivity index (χ4n) is 4.27. The van der Waals surface area contributed by atoms with Gasteiger partial charge in [-0.1, -0.05) is 51.1 Å². The van der Waals surface area contributed by atoms with E-state index in [-0.39, 0.29) is 36.0 Å². The summed E-state index contributed by atoms with van der Waals surface area (Å²) >= 11 is 0. The number of carbonyl (C=O) groups excluding carboxylic acids is 3. The average molecular weight is 435 g/mol. The Hall–Kier alpha value is -3.35. The van der Waals surface area contributed by atoms with Crippen molar-refractivity contribution in [1.29, 1.82) is 0 Å². The van der Waals surface area contributed by atoms with Crippen LogP contribution in [0, 0.1) is 0 Å². The Bertz CT molecular complexity index is 990. The van der Waals surface area contributed by atoms with Crippen LogP contribution in [0.5, 0.6) is 0 Å². The number of carbonyl (C=O) groups is 3. The third-order valence-electron chi connectivity index (χ3n) is 6.20. The summed E-state index contributed by atoms with van der Waals surface area (Å²) in [6, 6.07) is 16.5. The van der Waals surface area contributed by atoms with Crippen LogP contribution in [0.15, 0.2) is 54.6 Å². The molecule has 0 bridgehead atoms. The van der Waals surface area contributed by atoms with Gasteiger partial charge in [0.1, 0.15) is 6.54 Å². The Balaban J connectivity index is 1.33. The SMILES string of the molecule is CC(C)(C)c1ccc(NC(=O)N2CCC(N3CC(=O)N(c4ccccc4)C3=O)CC2)cc1. The quantitative estimate of drug-likeness (QED) is 0.726. The highest BCUT2D eigenvalue weighted by Crippen LogP contribution is 2.27. The minimum Gasteiger partial charge on any atom is -0.324 e. The van der Waals surface area contributed by atoms with Crippen LogP contribution >= 0.6 is 0 Å². The lowest BCUT2D eigenvalue weighted by atomic mass is 9.87. The second-order valence-electron chi connectivity index (χ2n) is 9.45. The van der Waals surface area contributed by atoms with E-state index in [2.05, 4.69) is 26.1 Å². The van der Waals surface area contributed by atoms with Crippen molar-refractivity contribution in [3.05, 3.63) is 60.2 Å². The molecule has 2 fully saturated rings. The van der Waals surface area contributed by atoms with Gasteiger partial charge in [0.05, 0.1) is 5.69 Å². The molecule has 2 aromatic rings. The maximum atomic E-state index is 12.9. The molecule has 7 nitrogen and oxygen atoms in total. The van der Waals surface area contributed by atoms with Gasteiger partial charge in [0.25, 0.3) is 5.91 Å². The maximum absolute atomic E-state index is 12.9. The highest BCUT2D eigenvalue weighted by molar-refractivity contribution is 6.19. The lowest BCUT2D eigenvalue weighted by Gasteiger charge is -2.36. The molecular formula is C25H30N4O3. The Labute approximate surface area is 189 Å². The van der Waals surface area contributed by atoms with Crippen LogP contribution in [0.1, 0.15) is 39.2 Å². The molecule has 1 N–H and O–H groups in total. The summed E-state index contributed by atoms with van der Waals surface area (Å²) in [5.74, 6) is -0.208. The molecule has 0 unspecified atom stereocenters. The summed E-state index contributed by atoms with van der Waals surface area (Å²) in [7, 11) is 0. The first-order valence-electron chi connectivity index (χ1n) is 11.1. The third kappa shape index (κ3) is 4.47. The van der Waals surface area contributed by atoms with Crippen molar-refractivity contribution in [2.45, 2.75) is 45.1 Å². The Morgan fingerprint density at radius 2 is 1.56 bits per heavy atom. The molecule has 2 heterocycles. The summed E-state index contributed by atoms with van der Waals surface area (Å²) in [5, 5.41) is 2.96. The van der Waals surface area contributed by atoms with Crippen molar-refractivity contribution < 1.29 is 14.4 Å². The number of amides is 5. The van der Waals surface area contributed by atoms with Gasteiger partial charge in [-0.05, 0) is 48.1 Å². The van der Waals surface area contributed by atoms with E-state index in [1.54, 1.807) is 21.9 Å². The molecule has 0 spiro atoms. The van der Waals surface area contributed by atoms with Gasteiger partial charge in [-0.15, -0.1) is 0 Å². The van der Waals surface area contributed by atoms with Crippen LogP contribution in [-0.4, -0.2) is 53.4 Å². The highest BCUT2D eigenvalue weighted by atomic mass is 16.2. The predicted molar refractivity (Wildman–Crippen MR) is 125 cm³/mol. The third-order valence-corrected chi connectivity index (χ3v) is 6.20. The minimum atomic E-state index is -0.275. The number of nitrogens with one attached hydrogen (secondary N) is 1. The zero-order valence-electron chi connectivity index (χ0n) is 18.9. The Kier molecular flexibility index (Phi) is 5.91. The van der Waals surface area contributed by atoms with E-state index in [0.717, 1.165) is 5.69 Å². The zero-order chi connectivity index (χ0) is 22.9. The van der Waals surface area contributed by atoms with Gasteiger partial charge in [0, 0.05) is 24.8 Å². The molecule has 0 radical (unpaired) electrons. The lowest BCUT2D eigenvalue weighted by molar-refractivity contribution is -0.116. The topological polar surface area (TPSA) is 73.0 Å². The van der Waals surface area contributed by atoms with Gasteiger partial charge in [0.15, 0.2) is 0 Å². The largest absolute Gasteiger partial charge is 0.332 e. The standard InChI is InChI=1S/C25H30N4O3/c1-25(2,3)18-9-11-19(12-10-18)26-23(31)27-15-13-20(14-16-27)28-17-22(30)29(24(28)32)21-7-5-4-6-8-21/h4-12,20H,13-17H2,1-3H3,(H,26,31). The second-order valence-corrected chi connectivity index (χ2v) is 9.45. The van der Waals surface area contributed by atoms with Crippen LogP contribution in [0.4, 0.5) is 21.0 Å². The number of benzene rings is 2. The summed E-state index contributed by atoms with van der Waals surface area (Å²) in [6.45, 7) is 7.64. The van der Waals surface area contributed by atoms with Crippen molar-refractivity contribution in [1.82, 2.24) is 9.80 Å². The van der Waals surface area contributed by atoms with Crippen LogP contribution in [0.25, 0.3) is 0 Å². The van der Waals surface area contributed by atoms with Crippen LogP contribution in [0.2, 0.25) is 0 Å². The molecule has 2 aliphatic rings. The molecule has 5 amide bonds. The van der Waals surface area contributed by atoms with Gasteiger partial charge in [-0.2, -0.15) is 0 Å². The monoisotopic (exact) mass is 434 g/mol. The Morgan fingerprint density at radius 3 is 2.16 bits per heavy atom. The molecule has 0 atom stereocenters. The first-order chi connectivity index (χ1) is 15.2. The van der Waals surface area contributed by atoms with E-state index >= 15 is 0 Å². The van der Waals surface area contributed by atoms with Gasteiger partial charge in [-0.25, -0.2) is 14.5 Å². The van der Waals surface area contributed by atoms with Crippen molar-refractivity contribution in [3.63, 3.8) is 0 Å². The summed E-state index contributed by atoms with van der Waals surface area (Å²) in [5.41, 5.74) is 2.64. The first-order valence-corrected chi connectivity index (χ1v) is 11.1. The van der Waals surface area contributed by atoms with E-state index < -0.39 is 0 Å². The van der Waals surface area contributed by atoms with E-state index in [0.29, 0.717) is 31.6 Å². The molecule has 0 aromatic heterocycles. The van der Waals surface area contributed by atoms with E-state index in [9.17, 15) is 14.4 Å². The van der Waals surface area contributed by atoms with Gasteiger partial charge in [0.2, 0.25) is 0 Å². The normalized spacial score (nSPS) is 17.8. The molecule has 2 saturated heterocycles. The summed E-state index contributed by atoms with van der Waals surface area (Å²) < 4.78 is 0. The number of imide groups is 1. The molecular weight excluding hydrogens is 404 g/mol. The molecule has 168 valence electrons. The van der Waals surface area contributed by atoms with Crippen molar-refractivity contribution in [2.24, 2.45) is 0 Å². The summed E-state index contributed by atoms with van der Waals surface area (Å²) in [4.78, 5) is 42.8. The molecule has 2 aliphatic heterocycles. The fourth-order valence-corrected chi connectivity index (χ4v) is 4.27. The van der Waals surface area contributed by atoms with E-state index in [1.165, 1.54) is 10.5 Å². The number of hydrogen-bond donors (Lipinski definition) is 1. The first kappa shape index (κ1) is 21.9. The maximum Gasteiger partial charge on any atom is 0.332 e. The molecule has 2 aromatic carbocycles. The van der Waals surface area contributed by atoms with E-state index in [4.69, 9.17) is 0 Å². The smallest absolute Gasteiger partial charge is 0.324 e. The van der Waals surface area contributed by atoms with Crippen molar-refractivity contribution >= 4 is 29.3 Å². The number of nitrogens with zero attached hydrogens (tertiary/aromatic N) is 3. The van der Waals surface area contributed by atoms with Gasteiger partial charge < -0.3 is 15.1 Å². The molecule has 4 rings (SSSR count). The molecule has 0 aliphatic carbocycles.